The molecule has 1 unspecified atom stereocenters. The summed E-state index contributed by atoms with van der Waals surface area (Å²) >= 11 is 0. The molecule has 0 fully saturated rings. The van der Waals surface area contributed by atoms with Crippen molar-refractivity contribution < 1.29 is 27.7 Å². The van der Waals surface area contributed by atoms with Crippen molar-refractivity contribution in [3.8, 4) is 0 Å². The number of hydrogen-bond donors (Lipinski definition) is 0. The van der Waals surface area contributed by atoms with Crippen LogP contribution >= 0.6 is 7.82 Å². The molecule has 0 aromatic heterocycles. The van der Waals surface area contributed by atoms with Crippen LogP contribution in [0, 0.1) is 5.41 Å². The summed E-state index contributed by atoms with van der Waals surface area (Å²) in [6, 6.07) is 0. The van der Waals surface area contributed by atoms with Crippen molar-refractivity contribution in [3.05, 3.63) is 23.0 Å². The summed E-state index contributed by atoms with van der Waals surface area (Å²) in [4.78, 5) is 12.5. The van der Waals surface area contributed by atoms with Crippen LogP contribution in [0.15, 0.2) is 23.0 Å². The van der Waals surface area contributed by atoms with Gasteiger partial charge < -0.3 is 9.26 Å². The Labute approximate surface area is 157 Å². The first kappa shape index (κ1) is 22.9. The molecule has 0 saturated carbocycles. The van der Waals surface area contributed by atoms with Crippen molar-refractivity contribution in [2.75, 3.05) is 20.3 Å². The van der Waals surface area contributed by atoms with Gasteiger partial charge in [0.05, 0.1) is 25.9 Å². The molecule has 0 spiro atoms. The summed E-state index contributed by atoms with van der Waals surface area (Å²) in [7, 11) is -2.40. The number of esters is 1. The number of carbonyl (C=O) groups is 1. The van der Waals surface area contributed by atoms with E-state index in [4.69, 9.17) is 18.3 Å². The zero-order chi connectivity index (χ0) is 19.8. The van der Waals surface area contributed by atoms with Gasteiger partial charge >= 0.3 is 13.8 Å². The molecule has 1 atom stereocenters. The van der Waals surface area contributed by atoms with E-state index in [2.05, 4.69) is 19.9 Å². The third kappa shape index (κ3) is 6.26. The zero-order valence-corrected chi connectivity index (χ0v) is 17.8. The maximum atomic E-state index is 12.8. The van der Waals surface area contributed by atoms with Gasteiger partial charge in [0.2, 0.25) is 0 Å². The van der Waals surface area contributed by atoms with E-state index < -0.39 is 19.2 Å². The highest BCUT2D eigenvalue weighted by Crippen LogP contribution is 2.55. The van der Waals surface area contributed by atoms with Gasteiger partial charge in [-0.05, 0) is 53.4 Å². The fourth-order valence-electron chi connectivity index (χ4n) is 3.25. The molecule has 6 nitrogen and oxygen atoms in total. The third-order valence-electron chi connectivity index (χ3n) is 4.45. The molecule has 0 heterocycles. The zero-order valence-electron chi connectivity index (χ0n) is 16.9. The molecular formula is C19H33O6P. The number of phosphoric ester groups is 1. The van der Waals surface area contributed by atoms with Crippen LogP contribution in [0.25, 0.3) is 0 Å². The molecule has 1 rings (SSSR count). The van der Waals surface area contributed by atoms with Crippen LogP contribution in [0.3, 0.4) is 0 Å². The molecular weight excluding hydrogens is 355 g/mol. The lowest BCUT2D eigenvalue weighted by Gasteiger charge is -2.36. The molecule has 150 valence electrons. The highest BCUT2D eigenvalue weighted by molar-refractivity contribution is 7.48. The van der Waals surface area contributed by atoms with E-state index in [1.807, 2.05) is 6.92 Å². The summed E-state index contributed by atoms with van der Waals surface area (Å²) in [5.41, 5.74) is 1.28. The van der Waals surface area contributed by atoms with Crippen molar-refractivity contribution >= 4 is 13.8 Å². The van der Waals surface area contributed by atoms with Crippen molar-refractivity contribution in [3.63, 3.8) is 0 Å². The van der Waals surface area contributed by atoms with Crippen LogP contribution in [0.4, 0.5) is 0 Å². The maximum Gasteiger partial charge on any atom is 0.529 e. The van der Waals surface area contributed by atoms with E-state index in [-0.39, 0.29) is 13.2 Å². The second-order valence-electron chi connectivity index (χ2n) is 6.90. The van der Waals surface area contributed by atoms with Crippen molar-refractivity contribution in [1.82, 2.24) is 0 Å². The molecule has 0 aromatic rings. The molecule has 0 radical (unpaired) electrons. The second-order valence-corrected chi connectivity index (χ2v) is 8.49. The first-order valence-electron chi connectivity index (χ1n) is 9.25. The smallest absolute Gasteiger partial charge is 0.466 e. The average Bonchev–Trinajstić information content (AvgIpc) is 2.54. The van der Waals surface area contributed by atoms with Gasteiger partial charge in [-0.2, -0.15) is 0 Å². The van der Waals surface area contributed by atoms with E-state index >= 15 is 0 Å². The van der Waals surface area contributed by atoms with Crippen LogP contribution in [0.2, 0.25) is 0 Å². The van der Waals surface area contributed by atoms with Gasteiger partial charge in [0.15, 0.2) is 0 Å². The van der Waals surface area contributed by atoms with E-state index in [1.54, 1.807) is 13.8 Å². The Hall–Kier alpha value is -1.10. The molecule has 1 aliphatic rings. The first-order chi connectivity index (χ1) is 12.2. The van der Waals surface area contributed by atoms with E-state index in [9.17, 15) is 9.36 Å². The van der Waals surface area contributed by atoms with Gasteiger partial charge in [0.25, 0.3) is 0 Å². The lowest BCUT2D eigenvalue weighted by molar-refractivity contribution is -0.138. The van der Waals surface area contributed by atoms with Crippen molar-refractivity contribution in [2.24, 2.45) is 5.41 Å². The topological polar surface area (TPSA) is 71.1 Å². The molecule has 0 aliphatic heterocycles. The summed E-state index contributed by atoms with van der Waals surface area (Å²) < 4.78 is 34.0. The van der Waals surface area contributed by atoms with Crippen LogP contribution in [0.1, 0.15) is 66.7 Å². The number of rotatable bonds is 10. The minimum Gasteiger partial charge on any atom is -0.466 e. The summed E-state index contributed by atoms with van der Waals surface area (Å²) in [6.45, 7) is 9.95. The Kier molecular flexibility index (Phi) is 9.08. The van der Waals surface area contributed by atoms with E-state index in [0.717, 1.165) is 25.7 Å². The molecule has 0 amide bonds. The van der Waals surface area contributed by atoms with E-state index in [0.29, 0.717) is 17.8 Å². The summed E-state index contributed by atoms with van der Waals surface area (Å²) in [5.74, 6) is -0.0769. The monoisotopic (exact) mass is 388 g/mol. The molecule has 0 aromatic carbocycles. The van der Waals surface area contributed by atoms with Crippen molar-refractivity contribution in [2.45, 2.75) is 66.7 Å². The Morgan fingerprint density at radius 2 is 1.85 bits per heavy atom. The van der Waals surface area contributed by atoms with Gasteiger partial charge in [-0.1, -0.05) is 18.6 Å². The molecule has 0 N–H and O–H groups in total. The predicted molar refractivity (Wildman–Crippen MR) is 102 cm³/mol. The predicted octanol–water partition coefficient (Wildman–Crippen LogP) is 5.55. The Bertz CT molecular complexity index is 581. The van der Waals surface area contributed by atoms with Crippen LogP contribution < -0.4 is 0 Å². The third-order valence-corrected chi connectivity index (χ3v) is 6.04. The minimum atomic E-state index is -3.75. The summed E-state index contributed by atoms with van der Waals surface area (Å²) in [6.07, 6.45) is 5.96. The lowest BCUT2D eigenvalue weighted by atomic mass is 9.70. The van der Waals surface area contributed by atoms with E-state index in [1.165, 1.54) is 12.7 Å². The molecule has 26 heavy (non-hydrogen) atoms. The molecule has 7 heteroatoms. The number of allylic oxidation sites excluding steroid dienone is 3. The molecule has 0 saturated heterocycles. The SMILES string of the molecule is CCOP(=O)(OCC)OC1=C(C(=O)OC)C(C)(CCC=C(C)C)CCC1. The number of methoxy groups -OCH3 is 1. The van der Waals surface area contributed by atoms with Gasteiger partial charge in [-0.15, -0.1) is 0 Å². The maximum absolute atomic E-state index is 12.8. The highest BCUT2D eigenvalue weighted by Gasteiger charge is 2.42. The largest absolute Gasteiger partial charge is 0.529 e. The fourth-order valence-corrected chi connectivity index (χ4v) is 4.51. The second kappa shape index (κ2) is 10.3. The Balaban J connectivity index is 3.25. The summed E-state index contributed by atoms with van der Waals surface area (Å²) in [5, 5.41) is 0. The Morgan fingerprint density at radius 3 is 2.35 bits per heavy atom. The van der Waals surface area contributed by atoms with Crippen LogP contribution in [-0.4, -0.2) is 26.3 Å². The standard InChI is InChI=1S/C19H33O6P/c1-7-23-26(21,24-8-2)25-16-12-10-14-19(5,13-9-11-15(3)4)17(16)18(20)22-6/h11H,7-10,12-14H2,1-6H3. The fraction of sp³-hybridized carbons (Fsp3) is 0.737. The number of hydrogen-bond acceptors (Lipinski definition) is 6. The van der Waals surface area contributed by atoms with Crippen molar-refractivity contribution in [1.29, 1.82) is 0 Å². The lowest BCUT2D eigenvalue weighted by Crippen LogP contribution is -2.31. The van der Waals surface area contributed by atoms with Gasteiger partial charge in [0, 0.05) is 11.8 Å². The first-order valence-corrected chi connectivity index (χ1v) is 10.7. The molecule has 0 bridgehead atoms. The highest BCUT2D eigenvalue weighted by atomic mass is 31.2. The minimum absolute atomic E-state index is 0.190. The number of ether oxygens (including phenoxy) is 1. The number of phosphoric acid groups is 1. The number of carbonyl (C=O) groups excluding carboxylic acids is 1. The van der Waals surface area contributed by atoms with Gasteiger partial charge in [-0.3, -0.25) is 9.05 Å². The van der Waals surface area contributed by atoms with Crippen LogP contribution in [-0.2, 0) is 27.7 Å². The van der Waals surface area contributed by atoms with Crippen LogP contribution in [0.5, 0.6) is 0 Å². The Morgan fingerprint density at radius 1 is 1.23 bits per heavy atom. The molecule has 1 aliphatic carbocycles. The van der Waals surface area contributed by atoms with Gasteiger partial charge in [-0.25, -0.2) is 9.36 Å². The quantitative estimate of drug-likeness (QED) is 0.278. The van der Waals surface area contributed by atoms with Gasteiger partial charge in [0.1, 0.15) is 5.76 Å². The normalized spacial score (nSPS) is 20.7. The average molecular weight is 388 g/mol.